The van der Waals surface area contributed by atoms with Crippen LogP contribution in [0.5, 0.6) is 0 Å². The molecule has 1 aliphatic carbocycles. The van der Waals surface area contributed by atoms with Crippen LogP contribution in [0.15, 0.2) is 54.6 Å². The minimum Gasteiger partial charge on any atom is -0.207 e. The molecule has 1 saturated carbocycles. The summed E-state index contributed by atoms with van der Waals surface area (Å²) in [5.41, 5.74) is 4.30. The monoisotopic (exact) mass is 392 g/mol. The summed E-state index contributed by atoms with van der Waals surface area (Å²) in [5.74, 6) is 4.19. The second-order valence-corrected chi connectivity index (χ2v) is 8.02. The smallest absolute Gasteiger partial charge is 0.207 e. The topological polar surface area (TPSA) is 0 Å². The molecule has 1 aliphatic rings. The van der Waals surface area contributed by atoms with E-state index in [-0.39, 0.29) is 18.8 Å². The zero-order valence-electron chi connectivity index (χ0n) is 17.3. The van der Waals surface area contributed by atoms with E-state index in [0.717, 1.165) is 23.1 Å². The van der Waals surface area contributed by atoms with Crippen molar-refractivity contribution in [3.63, 3.8) is 0 Å². The average molecular weight is 393 g/mol. The molecule has 0 nitrogen and oxygen atoms in total. The lowest BCUT2D eigenvalue weighted by Gasteiger charge is -2.28. The summed E-state index contributed by atoms with van der Waals surface area (Å²) in [7, 11) is 0. The Morgan fingerprint density at radius 2 is 1.48 bits per heavy atom. The molecule has 2 aromatic carbocycles. The fraction of sp³-hybridized carbons (Fsp3) is 0.407. The van der Waals surface area contributed by atoms with Crippen molar-refractivity contribution in [1.82, 2.24) is 0 Å². The second kappa shape index (κ2) is 10.4. The Bertz CT molecular complexity index is 838. The van der Waals surface area contributed by atoms with E-state index in [1.807, 2.05) is 24.3 Å². The van der Waals surface area contributed by atoms with Crippen LogP contribution >= 0.6 is 0 Å². The molecule has 0 aliphatic heterocycles. The Balaban J connectivity index is 1.54. The molecule has 2 heteroatoms. The molecule has 0 N–H and O–H groups in total. The van der Waals surface area contributed by atoms with E-state index < -0.39 is 5.92 Å². The van der Waals surface area contributed by atoms with E-state index in [1.165, 1.54) is 24.8 Å². The van der Waals surface area contributed by atoms with Gasteiger partial charge in [-0.25, -0.2) is 8.78 Å². The lowest BCUT2D eigenvalue weighted by atomic mass is 9.82. The van der Waals surface area contributed by atoms with E-state index in [9.17, 15) is 8.78 Å². The normalized spacial score (nSPS) is 16.5. The van der Waals surface area contributed by atoms with Crippen LogP contribution in [0.25, 0.3) is 6.08 Å². The summed E-state index contributed by atoms with van der Waals surface area (Å²) in [6, 6.07) is 16.4. The molecular weight excluding hydrogens is 362 g/mol. The van der Waals surface area contributed by atoms with Gasteiger partial charge in [0.1, 0.15) is 0 Å². The van der Waals surface area contributed by atoms with Crippen LogP contribution in [0.4, 0.5) is 8.78 Å². The highest BCUT2D eigenvalue weighted by atomic mass is 19.3. The second-order valence-electron chi connectivity index (χ2n) is 8.02. The molecule has 1 fully saturated rings. The predicted octanol–water partition coefficient (Wildman–Crippen LogP) is 7.97. The molecule has 0 amide bonds. The summed E-state index contributed by atoms with van der Waals surface area (Å²) in [6.07, 6.45) is 10.5. The zero-order chi connectivity index (χ0) is 20.5. The predicted molar refractivity (Wildman–Crippen MR) is 118 cm³/mol. The van der Waals surface area contributed by atoms with Crippen LogP contribution in [0.2, 0.25) is 0 Å². The molecule has 2 aromatic rings. The number of halogens is 2. The number of hydrogen-bond acceptors (Lipinski definition) is 0. The lowest BCUT2D eigenvalue weighted by molar-refractivity contribution is -0.0382. The Labute approximate surface area is 174 Å². The Kier molecular flexibility index (Phi) is 7.64. The number of unbranched alkanes of at least 4 members (excludes halogenated alkanes) is 3. The minimum absolute atomic E-state index is 0.00312. The van der Waals surface area contributed by atoms with Crippen molar-refractivity contribution in [3.05, 3.63) is 76.9 Å². The molecule has 0 bridgehead atoms. The van der Waals surface area contributed by atoms with E-state index >= 15 is 0 Å². The Morgan fingerprint density at radius 3 is 2.07 bits per heavy atom. The van der Waals surface area contributed by atoms with Gasteiger partial charge in [0.05, 0.1) is 0 Å². The SMILES string of the molecule is CCCCC/C=C/c1ccc(C#Cc2ccc(C3CCC(F)(F)CC3)cc2)cc1. The first-order valence-electron chi connectivity index (χ1n) is 10.8. The molecule has 0 atom stereocenters. The summed E-state index contributed by atoms with van der Waals surface area (Å²) in [4.78, 5) is 0. The van der Waals surface area contributed by atoms with Gasteiger partial charge in [-0.2, -0.15) is 0 Å². The minimum atomic E-state index is -2.47. The van der Waals surface area contributed by atoms with Crippen LogP contribution in [-0.4, -0.2) is 5.92 Å². The van der Waals surface area contributed by atoms with Gasteiger partial charge in [0, 0.05) is 24.0 Å². The molecule has 0 saturated heterocycles. The Hall–Kier alpha value is -2.40. The largest absolute Gasteiger partial charge is 0.248 e. The van der Waals surface area contributed by atoms with Crippen LogP contribution in [0.3, 0.4) is 0 Å². The summed E-state index contributed by atoms with van der Waals surface area (Å²) < 4.78 is 26.7. The van der Waals surface area contributed by atoms with Gasteiger partial charge in [0.15, 0.2) is 0 Å². The van der Waals surface area contributed by atoms with Crippen LogP contribution < -0.4 is 0 Å². The highest BCUT2D eigenvalue weighted by Gasteiger charge is 2.35. The molecule has 0 unspecified atom stereocenters. The average Bonchev–Trinajstić information content (AvgIpc) is 2.73. The van der Waals surface area contributed by atoms with Gasteiger partial charge in [-0.3, -0.25) is 0 Å². The van der Waals surface area contributed by atoms with E-state index in [2.05, 4.69) is 55.2 Å². The fourth-order valence-electron chi connectivity index (χ4n) is 3.77. The number of benzene rings is 2. The van der Waals surface area contributed by atoms with Crippen molar-refractivity contribution in [3.8, 4) is 11.8 Å². The fourth-order valence-corrected chi connectivity index (χ4v) is 3.77. The maximum Gasteiger partial charge on any atom is 0.248 e. The quantitative estimate of drug-likeness (QED) is 0.345. The van der Waals surface area contributed by atoms with Crippen molar-refractivity contribution in [2.75, 3.05) is 0 Å². The first-order chi connectivity index (χ1) is 14.1. The van der Waals surface area contributed by atoms with E-state index in [1.54, 1.807) is 0 Å². The number of allylic oxidation sites excluding steroid dienone is 1. The number of rotatable bonds is 6. The number of hydrogen-bond donors (Lipinski definition) is 0. The maximum absolute atomic E-state index is 13.3. The van der Waals surface area contributed by atoms with Gasteiger partial charge in [0.25, 0.3) is 0 Å². The van der Waals surface area contributed by atoms with Crippen molar-refractivity contribution in [1.29, 1.82) is 0 Å². The molecule has 0 heterocycles. The molecule has 29 heavy (non-hydrogen) atoms. The van der Waals surface area contributed by atoms with E-state index in [0.29, 0.717) is 12.8 Å². The van der Waals surface area contributed by atoms with Gasteiger partial charge >= 0.3 is 0 Å². The van der Waals surface area contributed by atoms with Gasteiger partial charge in [-0.15, -0.1) is 0 Å². The van der Waals surface area contributed by atoms with Gasteiger partial charge in [-0.05, 0) is 67.0 Å². The van der Waals surface area contributed by atoms with E-state index in [4.69, 9.17) is 0 Å². The summed E-state index contributed by atoms with van der Waals surface area (Å²) >= 11 is 0. The standard InChI is InChI=1S/C27H30F2/c1-2-3-4-5-6-7-22-8-10-23(11-9-22)12-13-24-14-16-25(17-15-24)26-18-20-27(28,29)21-19-26/h6-11,14-17,26H,2-5,18-21H2,1H3/b7-6+. The summed E-state index contributed by atoms with van der Waals surface area (Å²) in [5, 5.41) is 0. The molecule has 152 valence electrons. The van der Waals surface area contributed by atoms with Crippen LogP contribution in [0, 0.1) is 11.8 Å². The van der Waals surface area contributed by atoms with Crippen molar-refractivity contribution in [2.24, 2.45) is 0 Å². The Morgan fingerprint density at radius 1 is 0.897 bits per heavy atom. The highest BCUT2D eigenvalue weighted by Crippen LogP contribution is 2.40. The maximum atomic E-state index is 13.3. The highest BCUT2D eigenvalue weighted by molar-refractivity contribution is 5.52. The molecule has 3 rings (SSSR count). The third-order valence-corrected chi connectivity index (χ3v) is 5.65. The molecule has 0 radical (unpaired) electrons. The van der Waals surface area contributed by atoms with Crippen molar-refractivity contribution in [2.45, 2.75) is 70.1 Å². The first kappa shape index (κ1) is 21.3. The molecule has 0 aromatic heterocycles. The molecule has 0 spiro atoms. The summed E-state index contributed by atoms with van der Waals surface area (Å²) in [6.45, 7) is 2.22. The van der Waals surface area contributed by atoms with Gasteiger partial charge < -0.3 is 0 Å². The number of alkyl halides is 2. The van der Waals surface area contributed by atoms with Gasteiger partial charge in [0.2, 0.25) is 5.92 Å². The first-order valence-corrected chi connectivity index (χ1v) is 10.8. The lowest BCUT2D eigenvalue weighted by Crippen LogP contribution is -2.23. The van der Waals surface area contributed by atoms with Crippen LogP contribution in [-0.2, 0) is 0 Å². The van der Waals surface area contributed by atoms with Crippen LogP contribution in [0.1, 0.15) is 86.5 Å². The van der Waals surface area contributed by atoms with Crippen molar-refractivity contribution >= 4 is 6.08 Å². The third-order valence-electron chi connectivity index (χ3n) is 5.65. The van der Waals surface area contributed by atoms with Gasteiger partial charge in [-0.1, -0.05) is 68.0 Å². The molecular formula is C27H30F2. The zero-order valence-corrected chi connectivity index (χ0v) is 17.3. The third kappa shape index (κ3) is 6.86. The van der Waals surface area contributed by atoms with Crippen molar-refractivity contribution < 1.29 is 8.78 Å².